The number of aliphatic hydroxyl groups excluding tert-OH is 3. The van der Waals surface area contributed by atoms with Crippen molar-refractivity contribution in [2.45, 2.75) is 81.1 Å². The predicted octanol–water partition coefficient (Wildman–Crippen LogP) is 8.07. The SMILES string of the molecule is C=CCO[C@@]12Oc3ccc(OCCSc4ccccc4)cc3[C@H]3[C@H](CCCCO)[C@@H](CCCCO)C=C(C(=NOCc4ccc([N+](=O)[O-])cc4)C[C@@H]1N(CCOCCO)C(=O)OCC)[C@H]32. The molecule has 1 fully saturated rings. The first-order valence-electron chi connectivity index (χ1n) is 22.6. The molecule has 65 heavy (non-hydrogen) atoms. The number of thioether (sulfide) groups is 1. The number of unbranched alkanes of at least 4 members (excludes halogenated alkanes) is 2. The number of aliphatic hydroxyl groups is 3. The Bertz CT molecular complexity index is 2050. The molecule has 15 nitrogen and oxygen atoms in total. The summed E-state index contributed by atoms with van der Waals surface area (Å²) in [6.45, 7) is 6.58. The molecule has 0 unspecified atom stereocenters. The lowest BCUT2D eigenvalue weighted by Crippen LogP contribution is -2.70. The van der Waals surface area contributed by atoms with E-state index in [0.717, 1.165) is 47.5 Å². The van der Waals surface area contributed by atoms with Crippen LogP contribution in [0.4, 0.5) is 10.5 Å². The molecule has 3 aromatic carbocycles. The van der Waals surface area contributed by atoms with Gasteiger partial charge in [0.2, 0.25) is 5.79 Å². The van der Waals surface area contributed by atoms with Crippen molar-refractivity contribution in [1.29, 1.82) is 0 Å². The number of nitro groups is 1. The van der Waals surface area contributed by atoms with E-state index in [-0.39, 0.29) is 89.3 Å². The van der Waals surface area contributed by atoms with Crippen LogP contribution in [0, 0.1) is 27.9 Å². The second-order valence-electron chi connectivity index (χ2n) is 16.2. The molecule has 3 aromatic rings. The maximum atomic E-state index is 14.2. The van der Waals surface area contributed by atoms with Gasteiger partial charge in [-0.1, -0.05) is 48.3 Å². The normalized spacial score (nSPS) is 22.5. The number of ether oxygens (including phenoxy) is 5. The van der Waals surface area contributed by atoms with E-state index >= 15 is 0 Å². The predicted molar refractivity (Wildman–Crippen MR) is 247 cm³/mol. The lowest BCUT2D eigenvalue weighted by Gasteiger charge is -2.59. The Morgan fingerprint density at radius 1 is 1.00 bits per heavy atom. The molecule has 6 atom stereocenters. The highest BCUT2D eigenvalue weighted by atomic mass is 32.2. The molecule has 6 rings (SSSR count). The van der Waals surface area contributed by atoms with E-state index in [0.29, 0.717) is 42.2 Å². The Labute approximate surface area is 385 Å². The number of carbonyl (C=O) groups is 1. The van der Waals surface area contributed by atoms with Gasteiger partial charge in [-0.05, 0) is 98.0 Å². The van der Waals surface area contributed by atoms with E-state index in [9.17, 15) is 30.2 Å². The van der Waals surface area contributed by atoms with Crippen molar-refractivity contribution in [3.63, 3.8) is 0 Å². The van der Waals surface area contributed by atoms with Crippen molar-refractivity contribution in [2.24, 2.45) is 22.9 Å². The number of nitrogens with zero attached hydrogens (tertiary/aromatic N) is 3. The van der Waals surface area contributed by atoms with Crippen LogP contribution in [0.15, 0.2) is 107 Å². The smallest absolute Gasteiger partial charge is 0.410 e. The Balaban J connectivity index is 1.50. The maximum Gasteiger partial charge on any atom is 0.410 e. The van der Waals surface area contributed by atoms with Crippen LogP contribution in [0.3, 0.4) is 0 Å². The molecule has 0 spiro atoms. The van der Waals surface area contributed by atoms with Gasteiger partial charge in [0.1, 0.15) is 24.1 Å². The highest BCUT2D eigenvalue weighted by molar-refractivity contribution is 7.99. The van der Waals surface area contributed by atoms with Crippen molar-refractivity contribution in [2.75, 3.05) is 65.2 Å². The summed E-state index contributed by atoms with van der Waals surface area (Å²) >= 11 is 1.71. The molecule has 2 aliphatic carbocycles. The maximum absolute atomic E-state index is 14.2. The minimum absolute atomic E-state index is 0.00260. The van der Waals surface area contributed by atoms with E-state index in [4.69, 9.17) is 33.7 Å². The van der Waals surface area contributed by atoms with Gasteiger partial charge < -0.3 is 43.8 Å². The van der Waals surface area contributed by atoms with Gasteiger partial charge in [-0.15, -0.1) is 18.3 Å². The van der Waals surface area contributed by atoms with Crippen molar-refractivity contribution >= 4 is 29.3 Å². The monoisotopic (exact) mass is 917 g/mol. The zero-order valence-corrected chi connectivity index (χ0v) is 38.0. The molecular formula is C49H63N3O12S. The third-order valence-corrected chi connectivity index (χ3v) is 13.1. The van der Waals surface area contributed by atoms with Crippen molar-refractivity contribution in [3.8, 4) is 11.5 Å². The number of amides is 1. The Hall–Kier alpha value is -4.97. The summed E-state index contributed by atoms with van der Waals surface area (Å²) < 4.78 is 32.2. The van der Waals surface area contributed by atoms with E-state index in [1.807, 2.05) is 30.3 Å². The van der Waals surface area contributed by atoms with Crippen LogP contribution < -0.4 is 9.47 Å². The Morgan fingerprint density at radius 3 is 2.48 bits per heavy atom. The van der Waals surface area contributed by atoms with Crippen LogP contribution in [0.1, 0.15) is 68.9 Å². The van der Waals surface area contributed by atoms with Crippen molar-refractivity contribution in [3.05, 3.63) is 118 Å². The van der Waals surface area contributed by atoms with Gasteiger partial charge in [0.05, 0.1) is 56.2 Å². The zero-order valence-electron chi connectivity index (χ0n) is 37.2. The minimum Gasteiger partial charge on any atom is -0.493 e. The largest absolute Gasteiger partial charge is 0.493 e. The summed E-state index contributed by atoms with van der Waals surface area (Å²) in [5.74, 6) is -0.345. The van der Waals surface area contributed by atoms with Gasteiger partial charge in [-0.25, -0.2) is 4.79 Å². The third-order valence-electron chi connectivity index (χ3n) is 12.2. The standard InChI is InChI=1S/C49H63N3O12S/c1-3-26-62-49-45(51(48(56)60-4-2)22-27-59-28-25-55)33-43(50-63-34-35-16-18-37(19-17-35)52(57)58)41-31-36(12-8-10-23-53)40(15-9-11-24-54)46(47(41)49)42-32-38(20-21-44(42)64-49)61-29-30-65-39-13-6-5-7-14-39/h3,5-7,13-14,16-21,31-32,36,40,45-47,53-55H,1,4,8-12,15,22-30,33-34H2,2H3/t36-,40+,45-,46+,47+,49+/m0/s1. The first-order valence-corrected chi connectivity index (χ1v) is 23.6. The molecule has 16 heteroatoms. The van der Waals surface area contributed by atoms with E-state index in [1.165, 1.54) is 12.1 Å². The quantitative estimate of drug-likeness (QED) is 0.0219. The number of rotatable bonds is 27. The molecule has 1 amide bonds. The van der Waals surface area contributed by atoms with Gasteiger partial charge in [-0.2, -0.15) is 0 Å². The number of fused-ring (bicyclic) bond motifs is 2. The second kappa shape index (κ2) is 25.1. The molecule has 0 bridgehead atoms. The topological polar surface area (TPSA) is 192 Å². The van der Waals surface area contributed by atoms with Crippen LogP contribution >= 0.6 is 11.8 Å². The summed E-state index contributed by atoms with van der Waals surface area (Å²) in [5, 5.41) is 45.6. The number of hydrogen-bond acceptors (Lipinski definition) is 14. The average Bonchev–Trinajstić information content (AvgIpc) is 3.32. The van der Waals surface area contributed by atoms with Gasteiger partial charge in [0, 0.05) is 60.4 Å². The lowest BCUT2D eigenvalue weighted by atomic mass is 9.55. The minimum atomic E-state index is -1.52. The first-order chi connectivity index (χ1) is 31.8. The number of allylic oxidation sites excluding steroid dienone is 1. The Kier molecular flexibility index (Phi) is 19.1. The molecule has 0 saturated heterocycles. The lowest BCUT2D eigenvalue weighted by molar-refractivity contribution is -0.384. The highest BCUT2D eigenvalue weighted by Crippen LogP contribution is 2.62. The van der Waals surface area contributed by atoms with Gasteiger partial charge in [-0.3, -0.25) is 15.0 Å². The molecule has 1 aliphatic heterocycles. The van der Waals surface area contributed by atoms with Crippen LogP contribution in [0.25, 0.3) is 0 Å². The highest BCUT2D eigenvalue weighted by Gasteiger charge is 2.65. The molecule has 352 valence electrons. The number of oxime groups is 1. The van der Waals surface area contributed by atoms with E-state index in [2.05, 4.69) is 30.9 Å². The van der Waals surface area contributed by atoms with Crippen molar-refractivity contribution in [1.82, 2.24) is 4.90 Å². The fraction of sp³-hybridized carbons (Fsp3) is 0.510. The molecule has 1 saturated carbocycles. The Morgan fingerprint density at radius 2 is 1.77 bits per heavy atom. The van der Waals surface area contributed by atoms with Gasteiger partial charge >= 0.3 is 6.09 Å². The van der Waals surface area contributed by atoms with E-state index < -0.39 is 28.8 Å². The van der Waals surface area contributed by atoms with Crippen LogP contribution in [0.5, 0.6) is 11.5 Å². The molecule has 0 aromatic heterocycles. The van der Waals surface area contributed by atoms with Gasteiger partial charge in [0.25, 0.3) is 5.69 Å². The summed E-state index contributed by atoms with van der Waals surface area (Å²) in [4.78, 5) is 34.0. The number of benzene rings is 3. The molecule has 0 radical (unpaired) electrons. The molecule has 1 heterocycles. The molecular weight excluding hydrogens is 855 g/mol. The number of nitro benzene ring substituents is 1. The number of carbonyl (C=O) groups excluding carboxylic acids is 1. The second-order valence-corrected chi connectivity index (χ2v) is 17.4. The summed E-state index contributed by atoms with van der Waals surface area (Å²) in [7, 11) is 0. The fourth-order valence-electron chi connectivity index (χ4n) is 9.38. The van der Waals surface area contributed by atoms with Crippen LogP contribution in [-0.4, -0.2) is 114 Å². The van der Waals surface area contributed by atoms with Crippen LogP contribution in [0.2, 0.25) is 0 Å². The number of non-ortho nitro benzene ring substituents is 1. The summed E-state index contributed by atoms with van der Waals surface area (Å²) in [6.07, 6.45) is 7.75. The zero-order chi connectivity index (χ0) is 46.0. The van der Waals surface area contributed by atoms with E-state index in [1.54, 1.807) is 41.8 Å². The van der Waals surface area contributed by atoms with Crippen LogP contribution in [-0.2, 0) is 25.7 Å². The summed E-state index contributed by atoms with van der Waals surface area (Å²) in [5.41, 5.74) is 2.99. The average molecular weight is 918 g/mol. The third kappa shape index (κ3) is 12.5. The number of hydrogen-bond donors (Lipinski definition) is 3. The van der Waals surface area contributed by atoms with Gasteiger partial charge in [0.15, 0.2) is 0 Å². The summed E-state index contributed by atoms with van der Waals surface area (Å²) in [6, 6.07) is 21.3. The fourth-order valence-corrected chi connectivity index (χ4v) is 10.1. The van der Waals surface area contributed by atoms with Crippen molar-refractivity contribution < 1.29 is 53.6 Å². The first kappa shape index (κ1) is 49.5. The molecule has 3 aliphatic rings. The molecule has 3 N–H and O–H groups in total.